The highest BCUT2D eigenvalue weighted by atomic mass is 32.1. The second-order valence-corrected chi connectivity index (χ2v) is 20.2. The molecular formula is C46H58F2N8O5S. The van der Waals surface area contributed by atoms with Crippen molar-refractivity contribution >= 4 is 45.7 Å². The first-order valence-corrected chi connectivity index (χ1v) is 22.8. The second-order valence-electron chi connectivity index (χ2n) is 19.3. The number of aromatic nitrogens is 3. The number of halogens is 2. The number of nitrogens with one attached hydrogen (secondary N) is 2. The number of anilines is 1. The molecule has 62 heavy (non-hydrogen) atoms. The Morgan fingerprint density at radius 1 is 1.15 bits per heavy atom. The molecule has 0 spiro atoms. The Bertz CT molecular complexity index is 2430. The Labute approximate surface area is 365 Å². The molecule has 332 valence electrons. The lowest BCUT2D eigenvalue weighted by Crippen LogP contribution is -2.62. The maximum atomic E-state index is 15.8. The van der Waals surface area contributed by atoms with Gasteiger partial charge < -0.3 is 29.2 Å². The predicted octanol–water partition coefficient (Wildman–Crippen LogP) is 6.10. The van der Waals surface area contributed by atoms with Crippen LogP contribution in [0.1, 0.15) is 70.3 Å². The van der Waals surface area contributed by atoms with Gasteiger partial charge in [0.1, 0.15) is 12.1 Å². The number of ether oxygens (including phenoxy) is 2. The van der Waals surface area contributed by atoms with Gasteiger partial charge in [0, 0.05) is 91.5 Å². The molecular weight excluding hydrogens is 815 g/mol. The maximum absolute atomic E-state index is 15.8. The van der Waals surface area contributed by atoms with Crippen LogP contribution in [-0.4, -0.2) is 114 Å². The summed E-state index contributed by atoms with van der Waals surface area (Å²) < 4.78 is 45.8. The van der Waals surface area contributed by atoms with Crippen LogP contribution >= 0.6 is 11.3 Å². The van der Waals surface area contributed by atoms with E-state index in [-0.39, 0.29) is 43.4 Å². The highest BCUT2D eigenvalue weighted by Crippen LogP contribution is 2.68. The minimum Gasteiger partial charge on any atom is -0.464 e. The van der Waals surface area contributed by atoms with Gasteiger partial charge in [0.25, 0.3) is 11.8 Å². The number of hydrogen-bond donors (Lipinski definition) is 2. The van der Waals surface area contributed by atoms with Crippen LogP contribution in [0.25, 0.3) is 33.4 Å². The number of nitrogens with zero attached hydrogens (tertiary/aromatic N) is 6. The number of piperazine rings is 1. The maximum Gasteiger partial charge on any atom is 0.325 e. The first-order valence-electron chi connectivity index (χ1n) is 21.9. The molecule has 6 heterocycles. The number of aryl methyl sites for hydroxylation is 1. The summed E-state index contributed by atoms with van der Waals surface area (Å²) in [6, 6.07) is 6.01. The van der Waals surface area contributed by atoms with E-state index in [1.807, 2.05) is 39.3 Å². The number of benzene rings is 1. The van der Waals surface area contributed by atoms with Crippen LogP contribution in [0.5, 0.6) is 0 Å². The third-order valence-corrected chi connectivity index (χ3v) is 15.1. The average molecular weight is 873 g/mol. The van der Waals surface area contributed by atoms with Crippen molar-refractivity contribution < 1.29 is 32.6 Å². The highest BCUT2D eigenvalue weighted by molar-refractivity contribution is 7.10. The minimum atomic E-state index is -3.23. The smallest absolute Gasteiger partial charge is 0.325 e. The molecule has 3 aromatic heterocycles. The topological polar surface area (TPSA) is 134 Å². The molecule has 2 N–H and O–H groups in total. The van der Waals surface area contributed by atoms with Crippen molar-refractivity contribution in [2.45, 2.75) is 91.5 Å². The zero-order valence-corrected chi connectivity index (χ0v) is 37.7. The Morgan fingerprint density at radius 2 is 1.89 bits per heavy atom. The summed E-state index contributed by atoms with van der Waals surface area (Å²) in [5, 5.41) is 7.61. The summed E-state index contributed by atoms with van der Waals surface area (Å²) >= 11 is 1.38. The number of fused-ring (bicyclic) bond motifs is 8. The van der Waals surface area contributed by atoms with E-state index in [9.17, 15) is 14.4 Å². The van der Waals surface area contributed by atoms with Crippen molar-refractivity contribution in [3.05, 3.63) is 52.1 Å². The fraction of sp³-hybridized carbons (Fsp3) is 0.587. The van der Waals surface area contributed by atoms with Crippen LogP contribution in [0.3, 0.4) is 0 Å². The van der Waals surface area contributed by atoms with Gasteiger partial charge >= 0.3 is 5.97 Å². The van der Waals surface area contributed by atoms with Gasteiger partial charge in [-0.1, -0.05) is 33.8 Å². The molecule has 1 aromatic carbocycles. The zero-order valence-electron chi connectivity index (χ0n) is 36.9. The summed E-state index contributed by atoms with van der Waals surface area (Å²) in [4.78, 5) is 56.7. The van der Waals surface area contributed by atoms with Crippen molar-refractivity contribution in [2.24, 2.45) is 28.6 Å². The molecule has 4 fully saturated rings. The molecule has 16 heteroatoms. The number of hydrazine groups is 1. The van der Waals surface area contributed by atoms with Gasteiger partial charge in [-0.15, -0.1) is 11.3 Å². The van der Waals surface area contributed by atoms with Gasteiger partial charge in [-0.25, -0.2) is 19.2 Å². The number of hydrogen-bond acceptors (Lipinski definition) is 11. The van der Waals surface area contributed by atoms with Gasteiger partial charge in [-0.05, 0) is 63.4 Å². The quantitative estimate of drug-likeness (QED) is 0.210. The van der Waals surface area contributed by atoms with E-state index >= 15 is 8.78 Å². The van der Waals surface area contributed by atoms with E-state index in [2.05, 4.69) is 63.3 Å². The van der Waals surface area contributed by atoms with Crippen LogP contribution in [-0.2, 0) is 43.2 Å². The van der Waals surface area contributed by atoms with Crippen molar-refractivity contribution in [1.29, 1.82) is 0 Å². The Balaban J connectivity index is 1.19. The summed E-state index contributed by atoms with van der Waals surface area (Å²) in [6.07, 6.45) is 2.85. The number of esters is 1. The van der Waals surface area contributed by atoms with Gasteiger partial charge in [-0.3, -0.25) is 24.4 Å². The van der Waals surface area contributed by atoms with Crippen LogP contribution < -0.4 is 15.6 Å². The first kappa shape index (κ1) is 42.8. The summed E-state index contributed by atoms with van der Waals surface area (Å²) in [5.41, 5.74) is 7.98. The van der Waals surface area contributed by atoms with Crippen LogP contribution in [0.15, 0.2) is 35.8 Å². The van der Waals surface area contributed by atoms with Crippen molar-refractivity contribution in [3.8, 4) is 22.5 Å². The molecule has 2 amide bonds. The number of pyridine rings is 1. The Kier molecular flexibility index (Phi) is 10.8. The summed E-state index contributed by atoms with van der Waals surface area (Å²) in [5.74, 6) is -6.33. The van der Waals surface area contributed by atoms with E-state index < -0.39 is 46.6 Å². The monoisotopic (exact) mass is 872 g/mol. The molecule has 5 aliphatic rings. The normalized spacial score (nSPS) is 28.8. The van der Waals surface area contributed by atoms with Gasteiger partial charge in [0.05, 0.1) is 58.0 Å². The van der Waals surface area contributed by atoms with E-state index in [1.165, 1.54) is 18.3 Å². The Morgan fingerprint density at radius 3 is 2.58 bits per heavy atom. The fourth-order valence-corrected chi connectivity index (χ4v) is 10.9. The molecule has 9 rings (SSSR count). The molecule has 7 atom stereocenters. The molecule has 0 unspecified atom stereocenters. The van der Waals surface area contributed by atoms with E-state index in [0.29, 0.717) is 24.4 Å². The lowest BCUT2D eigenvalue weighted by Gasteiger charge is -2.37. The summed E-state index contributed by atoms with van der Waals surface area (Å²) in [7, 11) is 3.82. The minimum absolute atomic E-state index is 0.0509. The largest absolute Gasteiger partial charge is 0.464 e. The molecule has 6 bridgehead atoms. The zero-order chi connectivity index (χ0) is 44.0. The lowest BCUT2D eigenvalue weighted by atomic mass is 9.84. The molecule has 4 aromatic rings. The second kappa shape index (κ2) is 15.6. The van der Waals surface area contributed by atoms with Gasteiger partial charge in [0.2, 0.25) is 5.91 Å². The van der Waals surface area contributed by atoms with Crippen molar-refractivity contribution in [3.63, 3.8) is 0 Å². The van der Waals surface area contributed by atoms with Crippen molar-refractivity contribution in [2.75, 3.05) is 58.4 Å². The molecule has 13 nitrogen and oxygen atoms in total. The van der Waals surface area contributed by atoms with Crippen LogP contribution in [0, 0.1) is 28.6 Å². The van der Waals surface area contributed by atoms with E-state index in [0.717, 1.165) is 81.6 Å². The Hall–Kier alpha value is -4.51. The molecule has 3 aliphatic heterocycles. The number of likely N-dealkylation sites (N-methyl/N-ethyl adjacent to an activating group) is 1. The number of cyclic esters (lactones) is 1. The molecule has 0 radical (unpaired) electrons. The van der Waals surface area contributed by atoms with Crippen LogP contribution in [0.4, 0.5) is 14.5 Å². The number of thiazole rings is 1. The number of carbonyl (C=O) groups is 3. The predicted molar refractivity (Wildman–Crippen MR) is 234 cm³/mol. The molecule has 2 aliphatic carbocycles. The number of carbonyl (C=O) groups excluding carboxylic acids is 3. The van der Waals surface area contributed by atoms with E-state index in [1.54, 1.807) is 7.11 Å². The fourth-order valence-electron chi connectivity index (χ4n) is 10.0. The van der Waals surface area contributed by atoms with Gasteiger partial charge in [-0.2, -0.15) is 0 Å². The number of methoxy groups -OCH3 is 1. The van der Waals surface area contributed by atoms with E-state index in [4.69, 9.17) is 19.4 Å². The first-order chi connectivity index (χ1) is 29.4. The summed E-state index contributed by atoms with van der Waals surface area (Å²) in [6.45, 7) is 15.4. The number of amides is 2. The SMILES string of the molecule is CCn1c(-c2cc(N3CCN(C)CC3)cnc2[C@H](C)OC)c2c3cc(ccc31)-c1csc(n1)C[C@H](NC(=O)[C@H]1C[C@@H]1C)C(=O)N1C[C@]3(C)[C@H]([C@H](N1)C(=O)OCC(C)(C)C2)C3(F)F. The van der Waals surface area contributed by atoms with Gasteiger partial charge in [0.15, 0.2) is 0 Å². The third-order valence-electron chi connectivity index (χ3n) is 14.2. The lowest BCUT2D eigenvalue weighted by molar-refractivity contribution is -0.157. The van der Waals surface area contributed by atoms with Crippen LogP contribution in [0.2, 0.25) is 0 Å². The third kappa shape index (κ3) is 7.37. The number of rotatable bonds is 7. The van der Waals surface area contributed by atoms with Crippen molar-refractivity contribution in [1.82, 2.24) is 35.2 Å². The number of alkyl halides is 2. The average Bonchev–Trinajstić information content (AvgIpc) is 3.90. The standard InChI is InChI=1S/C46H58F2N8O5S/c1-9-55-35-11-10-27-17-30(35)32(39(55)31-18-28(21-49-37(31)26(3)60-8)54-14-12-53(7)13-15-54)20-44(4,5)24-61-43(59)38-40-45(6,46(40,47)48)23-56(52-38)42(58)33(19-36-50-34(27)22-62-36)51-41(57)29-16-25(29)2/h10-11,17-18,21-22,25-26,29,33,38,40,52H,9,12-16,19-20,23-24H2,1-8H3,(H,51,57)/t25-,26-,29-,33-,38-,40-,45+/m0/s1. The highest BCUT2D eigenvalue weighted by Gasteiger charge is 2.83. The molecule has 2 saturated carbocycles. The molecule has 2 saturated heterocycles.